The lowest BCUT2D eigenvalue weighted by atomic mass is 10.1. The van der Waals surface area contributed by atoms with Gasteiger partial charge in [-0.2, -0.15) is 16.9 Å². The van der Waals surface area contributed by atoms with Crippen LogP contribution in [0.2, 0.25) is 10.0 Å². The molecule has 154 valence electrons. The number of aromatic nitrogens is 3. The first-order valence-electron chi connectivity index (χ1n) is 9.80. The van der Waals surface area contributed by atoms with Gasteiger partial charge in [-0.05, 0) is 24.3 Å². The van der Waals surface area contributed by atoms with Gasteiger partial charge in [-0.25, -0.2) is 9.67 Å². The second-order valence-corrected chi connectivity index (χ2v) is 9.00. The third-order valence-electron chi connectivity index (χ3n) is 4.73. The highest BCUT2D eigenvalue weighted by molar-refractivity contribution is 7.99. The summed E-state index contributed by atoms with van der Waals surface area (Å²) < 4.78 is 14.3. The van der Waals surface area contributed by atoms with Crippen LogP contribution in [0.1, 0.15) is 44.6 Å². The van der Waals surface area contributed by atoms with E-state index in [0.29, 0.717) is 23.2 Å². The molecule has 0 bridgehead atoms. The maximum absolute atomic E-state index is 6.48. The third kappa shape index (κ3) is 5.86. The van der Waals surface area contributed by atoms with Crippen LogP contribution in [-0.4, -0.2) is 39.0 Å². The fraction of sp³-hybridized carbons (Fsp3) is 0.600. The summed E-state index contributed by atoms with van der Waals surface area (Å²) in [5, 5.41) is 5.31. The van der Waals surface area contributed by atoms with Crippen LogP contribution in [0.25, 0.3) is 0 Å². The van der Waals surface area contributed by atoms with Gasteiger partial charge in [0, 0.05) is 16.3 Å². The molecule has 8 heteroatoms. The van der Waals surface area contributed by atoms with E-state index >= 15 is 0 Å². The summed E-state index contributed by atoms with van der Waals surface area (Å²) in [5.41, 5.74) is 0.765. The van der Waals surface area contributed by atoms with Crippen molar-refractivity contribution in [1.29, 1.82) is 0 Å². The summed E-state index contributed by atoms with van der Waals surface area (Å²) in [6.45, 7) is 3.15. The molecule has 1 aromatic heterocycles. The van der Waals surface area contributed by atoms with Gasteiger partial charge in [-0.15, -0.1) is 0 Å². The van der Waals surface area contributed by atoms with Crippen molar-refractivity contribution in [3.8, 4) is 0 Å². The highest BCUT2D eigenvalue weighted by Crippen LogP contribution is 2.40. The first-order chi connectivity index (χ1) is 13.6. The van der Waals surface area contributed by atoms with Gasteiger partial charge in [0.05, 0.1) is 17.7 Å². The van der Waals surface area contributed by atoms with E-state index in [4.69, 9.17) is 32.7 Å². The largest absolute Gasteiger partial charge is 0.342 e. The van der Waals surface area contributed by atoms with E-state index in [0.717, 1.165) is 17.1 Å². The summed E-state index contributed by atoms with van der Waals surface area (Å²) in [7, 11) is 0. The lowest BCUT2D eigenvalue weighted by Crippen LogP contribution is -2.34. The molecule has 0 aliphatic carbocycles. The number of halogens is 2. The van der Waals surface area contributed by atoms with Gasteiger partial charge < -0.3 is 9.47 Å². The summed E-state index contributed by atoms with van der Waals surface area (Å²) >= 11 is 14.5. The lowest BCUT2D eigenvalue weighted by Gasteiger charge is -2.29. The number of thioether (sulfide) groups is 1. The van der Waals surface area contributed by atoms with Crippen molar-refractivity contribution >= 4 is 35.0 Å². The number of hydrogen-bond donors (Lipinski definition) is 0. The Hall–Kier alpha value is -0.790. The summed E-state index contributed by atoms with van der Waals surface area (Å²) in [6.07, 6.45) is 9.66. The van der Waals surface area contributed by atoms with Crippen LogP contribution < -0.4 is 0 Å². The Bertz CT molecular complexity index is 732. The number of nitrogens with zero attached hydrogens (tertiary/aromatic N) is 3. The van der Waals surface area contributed by atoms with Crippen molar-refractivity contribution < 1.29 is 9.47 Å². The van der Waals surface area contributed by atoms with E-state index in [-0.39, 0.29) is 6.10 Å². The van der Waals surface area contributed by atoms with E-state index in [1.165, 1.54) is 38.4 Å². The normalized spacial score (nSPS) is 22.0. The Balaban J connectivity index is 1.61. The topological polar surface area (TPSA) is 49.2 Å². The Morgan fingerprint density at radius 1 is 1.25 bits per heavy atom. The SMILES string of the molecule is CCCCCCCSC[C@@H]1CO[C@@](Cn2cncn2)(c2ccc(Cl)cc2Cl)O1. The number of ether oxygens (including phenoxy) is 2. The van der Waals surface area contributed by atoms with E-state index < -0.39 is 5.79 Å². The monoisotopic (exact) mass is 443 g/mol. The van der Waals surface area contributed by atoms with Gasteiger partial charge in [0.15, 0.2) is 0 Å². The van der Waals surface area contributed by atoms with Crippen molar-refractivity contribution in [1.82, 2.24) is 14.8 Å². The molecule has 0 N–H and O–H groups in total. The molecular weight excluding hydrogens is 417 g/mol. The van der Waals surface area contributed by atoms with E-state index in [1.807, 2.05) is 17.8 Å². The van der Waals surface area contributed by atoms with E-state index in [2.05, 4.69) is 17.0 Å². The zero-order valence-electron chi connectivity index (χ0n) is 16.2. The Kier molecular flexibility index (Phi) is 8.48. The summed E-state index contributed by atoms with van der Waals surface area (Å²) in [6, 6.07) is 5.38. The van der Waals surface area contributed by atoms with Gasteiger partial charge in [0.25, 0.3) is 0 Å². The number of unbranched alkanes of at least 4 members (excludes halogenated alkanes) is 4. The van der Waals surface area contributed by atoms with Crippen molar-refractivity contribution in [2.45, 2.75) is 57.5 Å². The molecule has 5 nitrogen and oxygen atoms in total. The highest BCUT2D eigenvalue weighted by atomic mass is 35.5. The zero-order chi connectivity index (χ0) is 19.8. The molecule has 0 amide bonds. The molecule has 1 saturated heterocycles. The molecule has 1 aliphatic rings. The van der Waals surface area contributed by atoms with Crippen molar-refractivity contribution in [3.05, 3.63) is 46.5 Å². The van der Waals surface area contributed by atoms with Crippen LogP contribution >= 0.6 is 35.0 Å². The minimum Gasteiger partial charge on any atom is -0.342 e. The van der Waals surface area contributed by atoms with Crippen LogP contribution in [0.4, 0.5) is 0 Å². The second-order valence-electron chi connectivity index (χ2n) is 7.01. The quantitative estimate of drug-likeness (QED) is 0.425. The van der Waals surface area contributed by atoms with Crippen LogP contribution in [0.5, 0.6) is 0 Å². The van der Waals surface area contributed by atoms with Crippen molar-refractivity contribution in [3.63, 3.8) is 0 Å². The molecule has 1 fully saturated rings. The Morgan fingerprint density at radius 2 is 2.11 bits per heavy atom. The predicted octanol–water partition coefficient (Wildman–Crippen LogP) is 5.56. The van der Waals surface area contributed by atoms with E-state index in [9.17, 15) is 0 Å². The van der Waals surface area contributed by atoms with Gasteiger partial charge in [-0.3, -0.25) is 0 Å². The van der Waals surface area contributed by atoms with Gasteiger partial charge >= 0.3 is 0 Å². The fourth-order valence-electron chi connectivity index (χ4n) is 3.30. The average molecular weight is 444 g/mol. The molecule has 2 heterocycles. The zero-order valence-corrected chi connectivity index (χ0v) is 18.5. The standard InChI is InChI=1S/C20H27Cl2N3O2S/c1-2-3-4-5-6-9-28-12-17-11-26-20(27-17,13-25-15-23-14-24-25)18-8-7-16(21)10-19(18)22/h7-8,10,14-15,17H,2-6,9,11-13H2,1H3/t17-,20+/m0/s1. The first-order valence-corrected chi connectivity index (χ1v) is 11.7. The average Bonchev–Trinajstić information content (AvgIpc) is 3.32. The molecule has 0 radical (unpaired) electrons. The smallest absolute Gasteiger partial charge is 0.217 e. The Labute approximate surface area is 181 Å². The second kappa shape index (κ2) is 10.8. The molecular formula is C20H27Cl2N3O2S. The molecule has 1 aliphatic heterocycles. The lowest BCUT2D eigenvalue weighted by molar-refractivity contribution is -0.186. The van der Waals surface area contributed by atoms with Crippen LogP contribution in [-0.2, 0) is 21.8 Å². The molecule has 0 saturated carbocycles. The summed E-state index contributed by atoms with van der Waals surface area (Å²) in [4.78, 5) is 4.02. The van der Waals surface area contributed by atoms with Crippen LogP contribution in [0.15, 0.2) is 30.9 Å². The first kappa shape index (κ1) is 21.9. The van der Waals surface area contributed by atoms with Gasteiger partial charge in [0.1, 0.15) is 19.2 Å². The Morgan fingerprint density at radius 3 is 2.86 bits per heavy atom. The van der Waals surface area contributed by atoms with Crippen molar-refractivity contribution in [2.24, 2.45) is 0 Å². The molecule has 0 unspecified atom stereocenters. The summed E-state index contributed by atoms with van der Waals surface area (Å²) in [5.74, 6) is 1.07. The molecule has 3 rings (SSSR count). The molecule has 2 atom stereocenters. The predicted molar refractivity (Wildman–Crippen MR) is 115 cm³/mol. The number of rotatable bonds is 11. The minimum absolute atomic E-state index is 0.0101. The molecule has 28 heavy (non-hydrogen) atoms. The van der Waals surface area contributed by atoms with Crippen molar-refractivity contribution in [2.75, 3.05) is 18.1 Å². The maximum Gasteiger partial charge on any atom is 0.217 e. The van der Waals surface area contributed by atoms with Gasteiger partial charge in [-0.1, -0.05) is 61.9 Å². The van der Waals surface area contributed by atoms with E-state index in [1.54, 1.807) is 23.1 Å². The molecule has 1 aromatic carbocycles. The third-order valence-corrected chi connectivity index (χ3v) is 6.47. The highest BCUT2D eigenvalue weighted by Gasteiger charge is 2.45. The van der Waals surface area contributed by atoms with Crippen LogP contribution in [0, 0.1) is 0 Å². The van der Waals surface area contributed by atoms with Crippen LogP contribution in [0.3, 0.4) is 0 Å². The minimum atomic E-state index is -0.984. The van der Waals surface area contributed by atoms with Gasteiger partial charge in [0.2, 0.25) is 5.79 Å². The number of benzene rings is 1. The maximum atomic E-state index is 6.48. The number of hydrogen-bond acceptors (Lipinski definition) is 5. The molecule has 2 aromatic rings. The molecule has 0 spiro atoms. The fourth-order valence-corrected chi connectivity index (χ4v) is 4.86.